The smallest absolute Gasteiger partial charge is 0.258 e. The lowest BCUT2D eigenvalue weighted by Crippen LogP contribution is -2.28. The third-order valence-corrected chi connectivity index (χ3v) is 1.81. The highest BCUT2D eigenvalue weighted by Crippen LogP contribution is 2.19. The molecule has 0 fully saturated rings. The van der Waals surface area contributed by atoms with E-state index >= 15 is 0 Å². The van der Waals surface area contributed by atoms with E-state index in [2.05, 4.69) is 16.9 Å². The molecule has 0 aromatic carbocycles. The minimum absolute atomic E-state index is 0.0841. The zero-order valence-corrected chi connectivity index (χ0v) is 8.83. The van der Waals surface area contributed by atoms with Crippen molar-refractivity contribution < 1.29 is 9.53 Å². The molecule has 0 bridgehead atoms. The van der Waals surface area contributed by atoms with Gasteiger partial charge in [-0.25, -0.2) is 4.98 Å². The first-order valence-corrected chi connectivity index (χ1v) is 4.72. The van der Waals surface area contributed by atoms with Gasteiger partial charge in [0.25, 0.3) is 5.91 Å². The van der Waals surface area contributed by atoms with Crippen LogP contribution >= 0.6 is 11.6 Å². The second kappa shape index (κ2) is 6.03. The third-order valence-electron chi connectivity index (χ3n) is 1.53. The second-order valence-electron chi connectivity index (χ2n) is 2.67. The number of carbonyl (C=O) groups is 1. The fraction of sp³-hybridized carbons (Fsp3) is 0.200. The molecule has 0 spiro atoms. The Morgan fingerprint density at radius 2 is 2.53 bits per heavy atom. The van der Waals surface area contributed by atoms with Crippen molar-refractivity contribution in [2.75, 3.05) is 13.2 Å². The summed E-state index contributed by atoms with van der Waals surface area (Å²) < 4.78 is 5.15. The van der Waals surface area contributed by atoms with Gasteiger partial charge in [-0.2, -0.15) is 0 Å². The normalized spacial score (nSPS) is 9.40. The summed E-state index contributed by atoms with van der Waals surface area (Å²) in [5.41, 5.74) is 0. The SMILES string of the molecule is C=CCNC(=O)COc1cccnc1Cl. The Balaban J connectivity index is 2.40. The molecule has 0 aliphatic rings. The van der Waals surface area contributed by atoms with Crippen LogP contribution in [-0.2, 0) is 4.79 Å². The highest BCUT2D eigenvalue weighted by atomic mass is 35.5. The lowest BCUT2D eigenvalue weighted by molar-refractivity contribution is -0.122. The summed E-state index contributed by atoms with van der Waals surface area (Å²) in [6.07, 6.45) is 3.14. The van der Waals surface area contributed by atoms with Crippen molar-refractivity contribution in [1.29, 1.82) is 0 Å². The maximum absolute atomic E-state index is 11.1. The molecule has 5 heteroatoms. The number of ether oxygens (including phenoxy) is 1. The number of nitrogens with zero attached hydrogens (tertiary/aromatic N) is 1. The molecule has 0 saturated heterocycles. The van der Waals surface area contributed by atoms with Crippen molar-refractivity contribution in [2.45, 2.75) is 0 Å². The molecule has 0 atom stereocenters. The van der Waals surface area contributed by atoms with E-state index in [1.165, 1.54) is 0 Å². The average molecular weight is 227 g/mol. The van der Waals surface area contributed by atoms with Gasteiger partial charge < -0.3 is 10.1 Å². The molecule has 0 aliphatic carbocycles. The summed E-state index contributed by atoms with van der Waals surface area (Å²) in [5, 5.41) is 2.82. The zero-order valence-electron chi connectivity index (χ0n) is 8.07. The first-order chi connectivity index (χ1) is 7.24. The molecule has 1 aromatic rings. The highest BCUT2D eigenvalue weighted by molar-refractivity contribution is 6.30. The lowest BCUT2D eigenvalue weighted by atomic mass is 10.4. The van der Waals surface area contributed by atoms with Gasteiger partial charge in [-0.3, -0.25) is 4.79 Å². The monoisotopic (exact) mass is 226 g/mol. The highest BCUT2D eigenvalue weighted by Gasteiger charge is 2.04. The van der Waals surface area contributed by atoms with Crippen LogP contribution < -0.4 is 10.1 Å². The van der Waals surface area contributed by atoms with Gasteiger partial charge in [-0.05, 0) is 12.1 Å². The zero-order chi connectivity index (χ0) is 11.1. The van der Waals surface area contributed by atoms with Crippen LogP contribution in [0.15, 0.2) is 31.0 Å². The van der Waals surface area contributed by atoms with Gasteiger partial charge in [0, 0.05) is 12.7 Å². The van der Waals surface area contributed by atoms with Gasteiger partial charge in [0.15, 0.2) is 17.5 Å². The van der Waals surface area contributed by atoms with E-state index < -0.39 is 0 Å². The summed E-state index contributed by atoms with van der Waals surface area (Å²) in [6, 6.07) is 3.33. The Kier molecular flexibility index (Phi) is 4.63. The topological polar surface area (TPSA) is 51.2 Å². The maximum Gasteiger partial charge on any atom is 0.258 e. The summed E-state index contributed by atoms with van der Waals surface area (Å²) in [4.78, 5) is 15.0. The Hall–Kier alpha value is -1.55. The minimum Gasteiger partial charge on any atom is -0.481 e. The molecule has 1 heterocycles. The molecule has 1 N–H and O–H groups in total. The quantitative estimate of drug-likeness (QED) is 0.610. The standard InChI is InChI=1S/C10H11ClN2O2/c1-2-5-12-9(14)7-15-8-4-3-6-13-10(8)11/h2-4,6H,1,5,7H2,(H,12,14). The summed E-state index contributed by atoms with van der Waals surface area (Å²) in [6.45, 7) is 3.81. The van der Waals surface area contributed by atoms with Crippen molar-refractivity contribution in [3.8, 4) is 5.75 Å². The minimum atomic E-state index is -0.227. The number of hydrogen-bond donors (Lipinski definition) is 1. The van der Waals surface area contributed by atoms with Gasteiger partial charge in [-0.15, -0.1) is 6.58 Å². The number of amides is 1. The summed E-state index contributed by atoms with van der Waals surface area (Å²) >= 11 is 5.73. The predicted octanol–water partition coefficient (Wildman–Crippen LogP) is 1.42. The van der Waals surface area contributed by atoms with Crippen LogP contribution in [0, 0.1) is 0 Å². The molecule has 4 nitrogen and oxygen atoms in total. The van der Waals surface area contributed by atoms with Gasteiger partial charge in [0.05, 0.1) is 0 Å². The lowest BCUT2D eigenvalue weighted by Gasteiger charge is -2.06. The Labute approximate surface area is 92.9 Å². The van der Waals surface area contributed by atoms with Crippen LogP contribution in [0.4, 0.5) is 0 Å². The van der Waals surface area contributed by atoms with Crippen LogP contribution in [0.1, 0.15) is 0 Å². The van der Waals surface area contributed by atoms with Gasteiger partial charge in [0.1, 0.15) is 0 Å². The maximum atomic E-state index is 11.1. The van der Waals surface area contributed by atoms with E-state index in [1.807, 2.05) is 0 Å². The number of rotatable bonds is 5. The molecule has 80 valence electrons. The predicted molar refractivity (Wildman–Crippen MR) is 57.9 cm³/mol. The number of hydrogen-bond acceptors (Lipinski definition) is 3. The first-order valence-electron chi connectivity index (χ1n) is 4.35. The van der Waals surface area contributed by atoms with E-state index in [-0.39, 0.29) is 17.7 Å². The van der Waals surface area contributed by atoms with Crippen molar-refractivity contribution in [3.63, 3.8) is 0 Å². The molecule has 1 amide bonds. The molecule has 15 heavy (non-hydrogen) atoms. The number of halogens is 1. The Bertz CT molecular complexity index is 355. The van der Waals surface area contributed by atoms with Crippen molar-refractivity contribution >= 4 is 17.5 Å². The number of aromatic nitrogens is 1. The molecule has 1 rings (SSSR count). The number of nitrogens with one attached hydrogen (secondary N) is 1. The third kappa shape index (κ3) is 3.99. The molecule has 0 unspecified atom stereocenters. The fourth-order valence-electron chi connectivity index (χ4n) is 0.859. The second-order valence-corrected chi connectivity index (χ2v) is 3.03. The van der Waals surface area contributed by atoms with Gasteiger partial charge >= 0.3 is 0 Å². The average Bonchev–Trinajstić information content (AvgIpc) is 2.25. The van der Waals surface area contributed by atoms with E-state index in [0.29, 0.717) is 12.3 Å². The van der Waals surface area contributed by atoms with Crippen molar-refractivity contribution in [3.05, 3.63) is 36.1 Å². The summed E-state index contributed by atoms with van der Waals surface area (Å²) in [7, 11) is 0. The van der Waals surface area contributed by atoms with E-state index in [0.717, 1.165) is 0 Å². The van der Waals surface area contributed by atoms with Crippen LogP contribution in [0.3, 0.4) is 0 Å². The molecule has 0 radical (unpaired) electrons. The molecular formula is C10H11ClN2O2. The van der Waals surface area contributed by atoms with Crippen molar-refractivity contribution in [1.82, 2.24) is 10.3 Å². The molecule has 1 aromatic heterocycles. The molecule has 0 saturated carbocycles. The fourth-order valence-corrected chi connectivity index (χ4v) is 1.03. The first kappa shape index (κ1) is 11.5. The van der Waals surface area contributed by atoms with Gasteiger partial charge in [-0.1, -0.05) is 17.7 Å². The number of carbonyl (C=O) groups excluding carboxylic acids is 1. The molecule has 0 aliphatic heterocycles. The number of pyridine rings is 1. The van der Waals surface area contributed by atoms with Crippen molar-refractivity contribution in [2.24, 2.45) is 0 Å². The summed E-state index contributed by atoms with van der Waals surface area (Å²) in [5.74, 6) is 0.169. The van der Waals surface area contributed by atoms with E-state index in [4.69, 9.17) is 16.3 Å². The van der Waals surface area contributed by atoms with Crippen LogP contribution in [0.5, 0.6) is 5.75 Å². The van der Waals surface area contributed by atoms with Crippen LogP contribution in [0.25, 0.3) is 0 Å². The Morgan fingerprint density at radius 3 is 3.20 bits per heavy atom. The van der Waals surface area contributed by atoms with Gasteiger partial charge in [0.2, 0.25) is 0 Å². The van der Waals surface area contributed by atoms with E-state index in [1.54, 1.807) is 24.4 Å². The molecular weight excluding hydrogens is 216 g/mol. The van der Waals surface area contributed by atoms with Crippen LogP contribution in [0.2, 0.25) is 5.15 Å². The largest absolute Gasteiger partial charge is 0.481 e. The Morgan fingerprint density at radius 1 is 1.73 bits per heavy atom. The van der Waals surface area contributed by atoms with E-state index in [9.17, 15) is 4.79 Å². The van der Waals surface area contributed by atoms with Crippen LogP contribution in [-0.4, -0.2) is 24.0 Å².